The third-order valence-electron chi connectivity index (χ3n) is 1.84. The van der Waals surface area contributed by atoms with Crippen LogP contribution in [0.25, 0.3) is 0 Å². The number of nitrogens with zero attached hydrogens (tertiary/aromatic N) is 2. The molecule has 0 saturated heterocycles. The van der Waals surface area contributed by atoms with Crippen LogP contribution in [0.5, 0.6) is 6.01 Å². The molecule has 4 nitrogen and oxygen atoms in total. The molecule has 0 amide bonds. The van der Waals surface area contributed by atoms with Gasteiger partial charge in [0.25, 0.3) is 0 Å². The number of nitrogens with two attached hydrogens (primary N) is 1. The second kappa shape index (κ2) is 4.65. The maximum absolute atomic E-state index is 12.2. The van der Waals surface area contributed by atoms with Gasteiger partial charge in [0.15, 0.2) is 6.10 Å². The monoisotopic (exact) mass is 235 g/mol. The van der Waals surface area contributed by atoms with E-state index >= 15 is 0 Å². The minimum atomic E-state index is -4.43. The first-order valence-electron chi connectivity index (χ1n) is 4.61. The van der Waals surface area contributed by atoms with E-state index in [1.54, 1.807) is 13.0 Å². The number of hydrogen-bond acceptors (Lipinski definition) is 4. The molecule has 2 N–H and O–H groups in total. The Bertz CT molecular complexity index is 368. The fraction of sp³-hybridized carbons (Fsp3) is 0.556. The van der Waals surface area contributed by atoms with Crippen molar-refractivity contribution in [1.29, 1.82) is 0 Å². The topological polar surface area (TPSA) is 61.0 Å². The summed E-state index contributed by atoms with van der Waals surface area (Å²) in [7, 11) is 0. The third kappa shape index (κ3) is 3.34. The second-order valence-corrected chi connectivity index (χ2v) is 3.29. The molecular weight excluding hydrogens is 223 g/mol. The van der Waals surface area contributed by atoms with Crippen molar-refractivity contribution in [2.45, 2.75) is 32.7 Å². The molecular formula is C9H12F3N3O. The highest BCUT2D eigenvalue weighted by atomic mass is 19.4. The number of aromatic nitrogens is 2. The molecule has 0 saturated carbocycles. The summed E-state index contributed by atoms with van der Waals surface area (Å²) >= 11 is 0. The molecule has 0 aliphatic heterocycles. The predicted molar refractivity (Wildman–Crippen MR) is 50.8 cm³/mol. The number of alkyl halides is 3. The normalized spacial score (nSPS) is 13.6. The van der Waals surface area contributed by atoms with Crippen LogP contribution in [0.2, 0.25) is 0 Å². The van der Waals surface area contributed by atoms with Gasteiger partial charge in [0.1, 0.15) is 0 Å². The Kier molecular flexibility index (Phi) is 3.69. The van der Waals surface area contributed by atoms with Crippen molar-refractivity contribution in [3.63, 3.8) is 0 Å². The van der Waals surface area contributed by atoms with Crippen molar-refractivity contribution in [2.75, 3.05) is 0 Å². The summed E-state index contributed by atoms with van der Waals surface area (Å²) in [5.41, 5.74) is 6.29. The summed E-state index contributed by atoms with van der Waals surface area (Å²) in [6.45, 7) is 2.65. The van der Waals surface area contributed by atoms with Gasteiger partial charge in [-0.1, -0.05) is 0 Å². The zero-order chi connectivity index (χ0) is 12.3. The highest BCUT2D eigenvalue weighted by Gasteiger charge is 2.38. The molecule has 90 valence electrons. The van der Waals surface area contributed by atoms with Crippen molar-refractivity contribution in [2.24, 2.45) is 5.73 Å². The summed E-state index contributed by atoms with van der Waals surface area (Å²) in [5.74, 6) is 0. The lowest BCUT2D eigenvalue weighted by molar-refractivity contribution is -0.190. The second-order valence-electron chi connectivity index (χ2n) is 3.29. The summed E-state index contributed by atoms with van der Waals surface area (Å²) in [5, 5.41) is 0. The van der Waals surface area contributed by atoms with E-state index in [4.69, 9.17) is 5.73 Å². The van der Waals surface area contributed by atoms with Crippen LogP contribution in [0.15, 0.2) is 6.07 Å². The van der Waals surface area contributed by atoms with Crippen LogP contribution in [0.3, 0.4) is 0 Å². The minimum absolute atomic E-state index is 0.125. The largest absolute Gasteiger partial charge is 0.451 e. The van der Waals surface area contributed by atoms with E-state index in [1.807, 2.05) is 0 Å². The van der Waals surface area contributed by atoms with Gasteiger partial charge in [-0.3, -0.25) is 0 Å². The predicted octanol–water partition coefficient (Wildman–Crippen LogP) is 1.57. The van der Waals surface area contributed by atoms with Gasteiger partial charge in [0.05, 0.1) is 5.69 Å². The quantitative estimate of drug-likeness (QED) is 0.863. The van der Waals surface area contributed by atoms with Crippen LogP contribution in [0, 0.1) is 6.92 Å². The molecule has 0 bridgehead atoms. The lowest BCUT2D eigenvalue weighted by Gasteiger charge is -2.16. The Balaban J connectivity index is 2.85. The molecule has 1 unspecified atom stereocenters. The smallest absolute Gasteiger partial charge is 0.425 e. The zero-order valence-electron chi connectivity index (χ0n) is 8.88. The molecule has 7 heteroatoms. The number of rotatable bonds is 3. The van der Waals surface area contributed by atoms with Gasteiger partial charge in [-0.2, -0.15) is 18.2 Å². The highest BCUT2D eigenvalue weighted by molar-refractivity contribution is 5.12. The van der Waals surface area contributed by atoms with E-state index in [0.717, 1.165) is 6.92 Å². The highest BCUT2D eigenvalue weighted by Crippen LogP contribution is 2.23. The molecule has 0 aromatic carbocycles. The van der Waals surface area contributed by atoms with Gasteiger partial charge in [-0.15, -0.1) is 0 Å². The summed E-state index contributed by atoms with van der Waals surface area (Å²) < 4.78 is 41.2. The van der Waals surface area contributed by atoms with Gasteiger partial charge in [-0.25, -0.2) is 4.98 Å². The van der Waals surface area contributed by atoms with E-state index in [1.165, 1.54) is 0 Å². The van der Waals surface area contributed by atoms with Gasteiger partial charge in [0, 0.05) is 12.2 Å². The number of aryl methyl sites for hydroxylation is 1. The molecule has 1 aromatic rings. The van der Waals surface area contributed by atoms with Crippen LogP contribution in [0.4, 0.5) is 13.2 Å². The maximum Gasteiger partial charge on any atom is 0.425 e. The van der Waals surface area contributed by atoms with Crippen LogP contribution < -0.4 is 10.5 Å². The summed E-state index contributed by atoms with van der Waals surface area (Å²) in [6.07, 6.45) is -6.38. The van der Waals surface area contributed by atoms with Crippen molar-refractivity contribution in [3.8, 4) is 6.01 Å². The van der Waals surface area contributed by atoms with E-state index < -0.39 is 12.3 Å². The Hall–Kier alpha value is -1.37. The molecule has 0 aliphatic carbocycles. The molecule has 1 aromatic heterocycles. The molecule has 16 heavy (non-hydrogen) atoms. The number of ether oxygens (including phenoxy) is 1. The number of halogens is 3. The molecule has 0 aliphatic rings. The fourth-order valence-corrected chi connectivity index (χ4v) is 0.987. The van der Waals surface area contributed by atoms with Crippen molar-refractivity contribution < 1.29 is 17.9 Å². The van der Waals surface area contributed by atoms with Crippen molar-refractivity contribution in [1.82, 2.24) is 9.97 Å². The van der Waals surface area contributed by atoms with E-state index in [2.05, 4.69) is 14.7 Å². The summed E-state index contributed by atoms with van der Waals surface area (Å²) in [6, 6.07) is 1.29. The Labute approximate surface area is 90.6 Å². The van der Waals surface area contributed by atoms with Crippen molar-refractivity contribution >= 4 is 0 Å². The van der Waals surface area contributed by atoms with Crippen LogP contribution >= 0.6 is 0 Å². The van der Waals surface area contributed by atoms with Crippen LogP contribution in [0.1, 0.15) is 18.3 Å². The third-order valence-corrected chi connectivity index (χ3v) is 1.84. The molecule has 0 radical (unpaired) electrons. The first kappa shape index (κ1) is 12.7. The Morgan fingerprint density at radius 1 is 1.44 bits per heavy atom. The standard InChI is InChI=1S/C9H12F3N3O/c1-5-3-7(4-13)15-8(14-5)16-6(2)9(10,11)12/h3,6H,4,13H2,1-2H3. The average molecular weight is 235 g/mol. The number of hydrogen-bond donors (Lipinski definition) is 1. The Morgan fingerprint density at radius 3 is 2.56 bits per heavy atom. The van der Waals surface area contributed by atoms with E-state index in [-0.39, 0.29) is 12.6 Å². The fourth-order valence-electron chi connectivity index (χ4n) is 0.987. The molecule has 0 fully saturated rings. The van der Waals surface area contributed by atoms with Crippen LogP contribution in [-0.2, 0) is 6.54 Å². The molecule has 1 heterocycles. The average Bonchev–Trinajstić information content (AvgIpc) is 2.15. The SMILES string of the molecule is Cc1cc(CN)nc(OC(C)C(F)(F)F)n1. The van der Waals surface area contributed by atoms with Gasteiger partial charge < -0.3 is 10.5 Å². The van der Waals surface area contributed by atoms with E-state index in [9.17, 15) is 13.2 Å². The molecule has 0 spiro atoms. The van der Waals surface area contributed by atoms with Gasteiger partial charge >= 0.3 is 12.2 Å². The summed E-state index contributed by atoms with van der Waals surface area (Å²) in [4.78, 5) is 7.49. The Morgan fingerprint density at radius 2 is 2.06 bits per heavy atom. The van der Waals surface area contributed by atoms with Gasteiger partial charge in [0.2, 0.25) is 0 Å². The lowest BCUT2D eigenvalue weighted by Crippen LogP contribution is -2.32. The lowest BCUT2D eigenvalue weighted by atomic mass is 10.3. The molecule has 1 atom stereocenters. The maximum atomic E-state index is 12.2. The van der Waals surface area contributed by atoms with Crippen LogP contribution in [-0.4, -0.2) is 22.2 Å². The molecule has 1 rings (SSSR count). The van der Waals surface area contributed by atoms with E-state index in [0.29, 0.717) is 11.4 Å². The van der Waals surface area contributed by atoms with Crippen molar-refractivity contribution in [3.05, 3.63) is 17.5 Å². The first-order chi connectivity index (χ1) is 7.32. The van der Waals surface area contributed by atoms with Gasteiger partial charge in [-0.05, 0) is 19.9 Å². The minimum Gasteiger partial charge on any atom is -0.451 e. The first-order valence-corrected chi connectivity index (χ1v) is 4.61. The zero-order valence-corrected chi connectivity index (χ0v) is 8.88.